The minimum atomic E-state index is -0.883. The molecule has 0 bridgehead atoms. The van der Waals surface area contributed by atoms with Crippen LogP contribution in [-0.4, -0.2) is 20.9 Å². The van der Waals surface area contributed by atoms with E-state index in [0.717, 1.165) is 11.3 Å². The van der Waals surface area contributed by atoms with Gasteiger partial charge in [0.2, 0.25) is 0 Å². The first-order valence-electron chi connectivity index (χ1n) is 5.10. The number of hydrogen-bond donors (Lipinski definition) is 1. The predicted octanol–water partition coefficient (Wildman–Crippen LogP) is 2.46. The van der Waals surface area contributed by atoms with E-state index in [0.29, 0.717) is 10.7 Å². The number of carboxylic acids is 1. The van der Waals surface area contributed by atoms with E-state index in [1.807, 2.05) is 19.1 Å². The fraction of sp³-hybridized carbons (Fsp3) is 0.167. The maximum Gasteiger partial charge on any atom is 0.309 e. The van der Waals surface area contributed by atoms with Crippen molar-refractivity contribution in [3.63, 3.8) is 0 Å². The second kappa shape index (κ2) is 4.59. The van der Waals surface area contributed by atoms with Crippen LogP contribution in [0.1, 0.15) is 11.3 Å². The van der Waals surface area contributed by atoms with E-state index < -0.39 is 5.97 Å². The van der Waals surface area contributed by atoms with Crippen LogP contribution in [0.2, 0.25) is 5.02 Å². The van der Waals surface area contributed by atoms with Crippen LogP contribution < -0.4 is 0 Å². The quantitative estimate of drug-likeness (QED) is 0.910. The molecule has 1 aromatic heterocycles. The normalized spacial score (nSPS) is 10.5. The molecular formula is C12H11ClN2O2. The SMILES string of the molecule is Cc1c(Cl)cccc1-n1nccc1CC(=O)O. The Morgan fingerprint density at radius 2 is 2.24 bits per heavy atom. The van der Waals surface area contributed by atoms with E-state index in [4.69, 9.17) is 16.7 Å². The summed E-state index contributed by atoms with van der Waals surface area (Å²) in [5, 5.41) is 13.6. The van der Waals surface area contributed by atoms with Crippen LogP contribution in [-0.2, 0) is 11.2 Å². The van der Waals surface area contributed by atoms with E-state index in [1.54, 1.807) is 23.0 Å². The third kappa shape index (κ3) is 2.31. The summed E-state index contributed by atoms with van der Waals surface area (Å²) < 4.78 is 1.61. The molecule has 1 heterocycles. The summed E-state index contributed by atoms with van der Waals surface area (Å²) in [6.45, 7) is 1.88. The lowest BCUT2D eigenvalue weighted by Crippen LogP contribution is -2.09. The van der Waals surface area contributed by atoms with Gasteiger partial charge in [0.15, 0.2) is 0 Å². The number of carbonyl (C=O) groups is 1. The molecule has 0 aliphatic carbocycles. The van der Waals surface area contributed by atoms with Crippen molar-refractivity contribution in [2.24, 2.45) is 0 Å². The summed E-state index contributed by atoms with van der Waals surface area (Å²) in [4.78, 5) is 10.7. The summed E-state index contributed by atoms with van der Waals surface area (Å²) in [5.74, 6) is -0.883. The number of aliphatic carboxylic acids is 1. The molecule has 4 nitrogen and oxygen atoms in total. The van der Waals surface area contributed by atoms with Gasteiger partial charge in [-0.2, -0.15) is 5.10 Å². The molecule has 5 heteroatoms. The highest BCUT2D eigenvalue weighted by atomic mass is 35.5. The van der Waals surface area contributed by atoms with E-state index in [1.165, 1.54) is 0 Å². The molecule has 0 radical (unpaired) electrons. The first-order valence-corrected chi connectivity index (χ1v) is 5.47. The van der Waals surface area contributed by atoms with Crippen LogP contribution in [0.4, 0.5) is 0 Å². The minimum Gasteiger partial charge on any atom is -0.481 e. The molecule has 0 saturated carbocycles. The van der Waals surface area contributed by atoms with E-state index in [9.17, 15) is 4.79 Å². The number of carboxylic acid groups (broad SMARTS) is 1. The first kappa shape index (κ1) is 11.7. The Kier molecular flexibility index (Phi) is 3.15. The Hall–Kier alpha value is -1.81. The van der Waals surface area contributed by atoms with Gasteiger partial charge in [-0.1, -0.05) is 17.7 Å². The number of aromatic nitrogens is 2. The van der Waals surface area contributed by atoms with Gasteiger partial charge in [-0.05, 0) is 30.7 Å². The summed E-state index contributed by atoms with van der Waals surface area (Å²) in [7, 11) is 0. The molecule has 2 rings (SSSR count). The van der Waals surface area contributed by atoms with Gasteiger partial charge in [-0.15, -0.1) is 0 Å². The highest BCUT2D eigenvalue weighted by Gasteiger charge is 2.11. The van der Waals surface area contributed by atoms with Crippen molar-refractivity contribution in [1.82, 2.24) is 9.78 Å². The van der Waals surface area contributed by atoms with Crippen molar-refractivity contribution in [2.75, 3.05) is 0 Å². The molecule has 0 fully saturated rings. The zero-order chi connectivity index (χ0) is 12.4. The molecule has 1 aromatic carbocycles. The van der Waals surface area contributed by atoms with Crippen molar-refractivity contribution >= 4 is 17.6 Å². The van der Waals surface area contributed by atoms with Gasteiger partial charge in [0.25, 0.3) is 0 Å². The maximum absolute atomic E-state index is 10.7. The number of benzene rings is 1. The van der Waals surface area contributed by atoms with Gasteiger partial charge >= 0.3 is 5.97 Å². The maximum atomic E-state index is 10.7. The molecule has 88 valence electrons. The van der Waals surface area contributed by atoms with Gasteiger partial charge in [-0.25, -0.2) is 4.68 Å². The molecule has 0 saturated heterocycles. The summed E-state index contributed by atoms with van der Waals surface area (Å²) >= 11 is 6.03. The summed E-state index contributed by atoms with van der Waals surface area (Å²) in [6.07, 6.45) is 1.52. The van der Waals surface area contributed by atoms with Crippen molar-refractivity contribution < 1.29 is 9.90 Å². The smallest absolute Gasteiger partial charge is 0.309 e. The zero-order valence-electron chi connectivity index (χ0n) is 9.22. The molecular weight excluding hydrogens is 240 g/mol. The van der Waals surface area contributed by atoms with Gasteiger partial charge in [0.05, 0.1) is 17.8 Å². The first-order chi connectivity index (χ1) is 8.09. The Bertz CT molecular complexity index is 563. The highest BCUT2D eigenvalue weighted by Crippen LogP contribution is 2.22. The lowest BCUT2D eigenvalue weighted by atomic mass is 10.2. The largest absolute Gasteiger partial charge is 0.481 e. The van der Waals surface area contributed by atoms with Crippen LogP contribution in [0.15, 0.2) is 30.5 Å². The van der Waals surface area contributed by atoms with E-state index >= 15 is 0 Å². The molecule has 0 unspecified atom stereocenters. The Morgan fingerprint density at radius 3 is 2.94 bits per heavy atom. The number of nitrogens with zero attached hydrogens (tertiary/aromatic N) is 2. The fourth-order valence-electron chi connectivity index (χ4n) is 1.66. The van der Waals surface area contributed by atoms with E-state index in [2.05, 4.69) is 5.10 Å². The molecule has 2 aromatic rings. The number of hydrogen-bond acceptors (Lipinski definition) is 2. The monoisotopic (exact) mass is 250 g/mol. The third-order valence-electron chi connectivity index (χ3n) is 2.52. The van der Waals surface area contributed by atoms with Crippen LogP contribution in [0.3, 0.4) is 0 Å². The molecule has 0 aliphatic heterocycles. The molecule has 0 aliphatic rings. The van der Waals surface area contributed by atoms with E-state index in [-0.39, 0.29) is 6.42 Å². The van der Waals surface area contributed by atoms with Crippen LogP contribution in [0.25, 0.3) is 5.69 Å². The third-order valence-corrected chi connectivity index (χ3v) is 2.93. The Morgan fingerprint density at radius 1 is 1.47 bits per heavy atom. The topological polar surface area (TPSA) is 55.1 Å². The fourth-order valence-corrected chi connectivity index (χ4v) is 1.83. The molecule has 17 heavy (non-hydrogen) atoms. The van der Waals surface area contributed by atoms with Crippen LogP contribution in [0.5, 0.6) is 0 Å². The highest BCUT2D eigenvalue weighted by molar-refractivity contribution is 6.31. The second-order valence-electron chi connectivity index (χ2n) is 3.69. The standard InChI is InChI=1S/C12H11ClN2O2/c1-8-10(13)3-2-4-11(8)15-9(5-6-14-15)7-12(16)17/h2-6H,7H2,1H3,(H,16,17). The lowest BCUT2D eigenvalue weighted by Gasteiger charge is -2.10. The van der Waals surface area contributed by atoms with Crippen molar-refractivity contribution in [3.8, 4) is 5.69 Å². The average molecular weight is 251 g/mol. The zero-order valence-corrected chi connectivity index (χ0v) is 9.98. The lowest BCUT2D eigenvalue weighted by molar-refractivity contribution is -0.136. The van der Waals surface area contributed by atoms with Crippen molar-refractivity contribution in [3.05, 3.63) is 46.7 Å². The number of rotatable bonds is 3. The van der Waals surface area contributed by atoms with Crippen molar-refractivity contribution in [1.29, 1.82) is 0 Å². The van der Waals surface area contributed by atoms with Crippen LogP contribution in [0, 0.1) is 6.92 Å². The number of halogens is 1. The Balaban J connectivity index is 2.50. The Labute approximate surface area is 103 Å². The van der Waals surface area contributed by atoms with Gasteiger partial charge in [0, 0.05) is 11.2 Å². The summed E-state index contributed by atoms with van der Waals surface area (Å²) in [5.41, 5.74) is 2.31. The van der Waals surface area contributed by atoms with Gasteiger partial charge in [-0.3, -0.25) is 4.79 Å². The average Bonchev–Trinajstić information content (AvgIpc) is 2.69. The van der Waals surface area contributed by atoms with Crippen LogP contribution >= 0.6 is 11.6 Å². The second-order valence-corrected chi connectivity index (χ2v) is 4.10. The summed E-state index contributed by atoms with van der Waals surface area (Å²) in [6, 6.07) is 7.16. The minimum absolute atomic E-state index is 0.0635. The molecule has 0 spiro atoms. The predicted molar refractivity (Wildman–Crippen MR) is 64.7 cm³/mol. The molecule has 0 atom stereocenters. The molecule has 1 N–H and O–H groups in total. The van der Waals surface area contributed by atoms with Gasteiger partial charge in [0.1, 0.15) is 0 Å². The van der Waals surface area contributed by atoms with Crippen molar-refractivity contribution in [2.45, 2.75) is 13.3 Å². The van der Waals surface area contributed by atoms with Gasteiger partial charge < -0.3 is 5.11 Å². The molecule has 0 amide bonds.